The van der Waals surface area contributed by atoms with Gasteiger partial charge in [0.15, 0.2) is 11.3 Å². The van der Waals surface area contributed by atoms with Crippen LogP contribution in [0, 0.1) is 0 Å². The lowest BCUT2D eigenvalue weighted by molar-refractivity contribution is 0.108. The second kappa shape index (κ2) is 5.62. The van der Waals surface area contributed by atoms with Crippen molar-refractivity contribution >= 4 is 27.8 Å². The van der Waals surface area contributed by atoms with Gasteiger partial charge in [0, 0.05) is 22.9 Å². The second-order valence-corrected chi connectivity index (χ2v) is 6.67. The molecule has 2 aliphatic carbocycles. The Kier molecular flexibility index (Phi) is 3.61. The van der Waals surface area contributed by atoms with Crippen molar-refractivity contribution in [2.75, 3.05) is 0 Å². The molecule has 0 saturated heterocycles. The Morgan fingerprint density at radius 2 is 1.91 bits per heavy atom. The molecule has 4 rings (SSSR count). The van der Waals surface area contributed by atoms with E-state index in [0.29, 0.717) is 11.1 Å². The average Bonchev–Trinajstić information content (AvgIpc) is 3.14. The predicted octanol–water partition coefficient (Wildman–Crippen LogP) is 5.01. The van der Waals surface area contributed by atoms with Gasteiger partial charge in [-0.25, -0.2) is 0 Å². The zero-order valence-electron chi connectivity index (χ0n) is 12.5. The van der Waals surface area contributed by atoms with Crippen LogP contribution in [0.15, 0.2) is 16.5 Å². The van der Waals surface area contributed by atoms with Crippen molar-refractivity contribution in [3.8, 4) is 5.75 Å². The van der Waals surface area contributed by atoms with Crippen LogP contribution in [0.5, 0.6) is 5.75 Å². The smallest absolute Gasteiger partial charge is 0.253 e. The Balaban J connectivity index is 1.86. The maximum atomic E-state index is 11.8. The summed E-state index contributed by atoms with van der Waals surface area (Å²) in [5, 5.41) is 0.455. The van der Waals surface area contributed by atoms with E-state index in [1.165, 1.54) is 12.8 Å². The minimum absolute atomic E-state index is 0.267. The normalized spacial score (nSPS) is 18.6. The van der Waals surface area contributed by atoms with Gasteiger partial charge < -0.3 is 9.15 Å². The van der Waals surface area contributed by atoms with Crippen molar-refractivity contribution in [1.82, 2.24) is 0 Å². The molecule has 116 valence electrons. The lowest BCUT2D eigenvalue weighted by Gasteiger charge is -2.14. The number of carbonyl (C=O) groups is 1. The fraction of sp³-hybridized carbons (Fsp3) is 0.500. The van der Waals surface area contributed by atoms with E-state index < -0.39 is 5.24 Å². The number of rotatable bonds is 3. The molecule has 0 unspecified atom stereocenters. The number of halogens is 1. The molecule has 1 saturated carbocycles. The first-order chi connectivity index (χ1) is 10.7. The topological polar surface area (TPSA) is 39.4 Å². The molecule has 0 radical (unpaired) electrons. The number of benzene rings is 1. The number of ether oxygens (including phenoxy) is 1. The summed E-state index contributed by atoms with van der Waals surface area (Å²) in [6.45, 7) is 0. The molecule has 0 spiro atoms. The van der Waals surface area contributed by atoms with Crippen molar-refractivity contribution in [2.45, 2.75) is 57.5 Å². The first-order valence-electron chi connectivity index (χ1n) is 8.18. The highest BCUT2D eigenvalue weighted by atomic mass is 35.5. The lowest BCUT2D eigenvalue weighted by atomic mass is 9.94. The van der Waals surface area contributed by atoms with Gasteiger partial charge in [0.1, 0.15) is 5.76 Å². The van der Waals surface area contributed by atoms with Crippen LogP contribution in [-0.2, 0) is 12.8 Å². The van der Waals surface area contributed by atoms with Gasteiger partial charge in [-0.1, -0.05) is 0 Å². The summed E-state index contributed by atoms with van der Waals surface area (Å²) in [7, 11) is 0. The van der Waals surface area contributed by atoms with Crippen molar-refractivity contribution in [3.05, 3.63) is 29.0 Å². The van der Waals surface area contributed by atoms with E-state index in [1.54, 1.807) is 6.07 Å². The molecule has 1 fully saturated rings. The zero-order valence-corrected chi connectivity index (χ0v) is 13.2. The summed E-state index contributed by atoms with van der Waals surface area (Å²) in [5.74, 6) is 1.76. The van der Waals surface area contributed by atoms with Gasteiger partial charge >= 0.3 is 0 Å². The summed E-state index contributed by atoms with van der Waals surface area (Å²) in [4.78, 5) is 11.8. The monoisotopic (exact) mass is 318 g/mol. The van der Waals surface area contributed by atoms with Crippen molar-refractivity contribution in [1.29, 1.82) is 0 Å². The van der Waals surface area contributed by atoms with Crippen LogP contribution in [0.4, 0.5) is 0 Å². The Labute approximate surface area is 134 Å². The molecule has 1 aromatic heterocycles. The van der Waals surface area contributed by atoms with Gasteiger partial charge in [-0.2, -0.15) is 0 Å². The summed E-state index contributed by atoms with van der Waals surface area (Å²) >= 11 is 5.78. The molecule has 0 bridgehead atoms. The van der Waals surface area contributed by atoms with Crippen molar-refractivity contribution in [3.63, 3.8) is 0 Å². The lowest BCUT2D eigenvalue weighted by Crippen LogP contribution is -2.11. The fourth-order valence-corrected chi connectivity index (χ4v) is 3.94. The Bertz CT molecular complexity index is 725. The standard InChI is InChI=1S/C18H19ClO3/c19-18(20)13-9-10-15(21-11-5-1-2-6-11)17-16(13)12-7-3-4-8-14(12)22-17/h9-11H,1-8H2. The third-order valence-electron chi connectivity index (χ3n) is 4.87. The number of aryl methyl sites for hydroxylation is 2. The molecule has 1 aromatic carbocycles. The molecule has 2 aliphatic rings. The van der Waals surface area contributed by atoms with E-state index in [0.717, 1.165) is 61.0 Å². The Morgan fingerprint density at radius 3 is 2.68 bits per heavy atom. The number of hydrogen-bond acceptors (Lipinski definition) is 3. The molecule has 3 nitrogen and oxygen atoms in total. The molecular weight excluding hydrogens is 300 g/mol. The minimum atomic E-state index is -0.424. The van der Waals surface area contributed by atoms with Crippen LogP contribution in [0.25, 0.3) is 11.0 Å². The average molecular weight is 319 g/mol. The highest BCUT2D eigenvalue weighted by Gasteiger charge is 2.26. The van der Waals surface area contributed by atoms with Gasteiger partial charge in [0.25, 0.3) is 5.24 Å². The van der Waals surface area contributed by atoms with Crippen molar-refractivity contribution in [2.24, 2.45) is 0 Å². The minimum Gasteiger partial charge on any atom is -0.486 e. The van der Waals surface area contributed by atoms with E-state index in [4.69, 9.17) is 20.8 Å². The van der Waals surface area contributed by atoms with Crippen LogP contribution in [0.2, 0.25) is 0 Å². The highest BCUT2D eigenvalue weighted by molar-refractivity contribution is 6.68. The third-order valence-corrected chi connectivity index (χ3v) is 5.08. The Morgan fingerprint density at radius 1 is 1.14 bits per heavy atom. The number of carbonyl (C=O) groups excluding carboxylic acids is 1. The first kappa shape index (κ1) is 14.1. The molecule has 2 aromatic rings. The predicted molar refractivity (Wildman–Crippen MR) is 85.9 cm³/mol. The van der Waals surface area contributed by atoms with E-state index >= 15 is 0 Å². The van der Waals surface area contributed by atoms with Gasteiger partial charge in [-0.05, 0) is 68.7 Å². The van der Waals surface area contributed by atoms with Crippen LogP contribution < -0.4 is 4.74 Å². The summed E-state index contributed by atoms with van der Waals surface area (Å²) in [5.41, 5.74) is 2.41. The third kappa shape index (κ3) is 2.32. The zero-order chi connectivity index (χ0) is 15.1. The van der Waals surface area contributed by atoms with Crippen LogP contribution in [0.3, 0.4) is 0 Å². The molecule has 22 heavy (non-hydrogen) atoms. The van der Waals surface area contributed by atoms with Crippen LogP contribution in [-0.4, -0.2) is 11.3 Å². The molecule has 0 N–H and O–H groups in total. The van der Waals surface area contributed by atoms with Gasteiger partial charge in [0.05, 0.1) is 6.10 Å². The van der Waals surface area contributed by atoms with E-state index in [-0.39, 0.29) is 6.10 Å². The fourth-order valence-electron chi connectivity index (χ4n) is 3.78. The van der Waals surface area contributed by atoms with Gasteiger partial charge in [-0.3, -0.25) is 4.79 Å². The van der Waals surface area contributed by atoms with Crippen molar-refractivity contribution < 1.29 is 13.9 Å². The second-order valence-electron chi connectivity index (χ2n) is 6.32. The molecule has 0 aliphatic heterocycles. The molecule has 0 atom stereocenters. The van der Waals surface area contributed by atoms with Crippen LogP contribution in [0.1, 0.15) is 60.2 Å². The number of hydrogen-bond donors (Lipinski definition) is 0. The first-order valence-corrected chi connectivity index (χ1v) is 8.55. The molecule has 0 amide bonds. The van der Waals surface area contributed by atoms with Crippen LogP contribution >= 0.6 is 11.6 Å². The van der Waals surface area contributed by atoms with E-state index in [2.05, 4.69) is 0 Å². The highest BCUT2D eigenvalue weighted by Crippen LogP contribution is 2.40. The SMILES string of the molecule is O=C(Cl)c1ccc(OC2CCCC2)c2oc3c(c12)CCCC3. The molecular formula is C18H19ClO3. The number of furan rings is 1. The maximum absolute atomic E-state index is 11.8. The van der Waals surface area contributed by atoms with Gasteiger partial charge in [-0.15, -0.1) is 0 Å². The summed E-state index contributed by atoms with van der Waals surface area (Å²) < 4.78 is 12.2. The van der Waals surface area contributed by atoms with Gasteiger partial charge in [0.2, 0.25) is 0 Å². The molecule has 1 heterocycles. The number of fused-ring (bicyclic) bond motifs is 3. The molecule has 4 heteroatoms. The quantitative estimate of drug-likeness (QED) is 0.747. The summed E-state index contributed by atoms with van der Waals surface area (Å²) in [6.07, 6.45) is 9.05. The van der Waals surface area contributed by atoms with E-state index in [9.17, 15) is 4.79 Å². The van der Waals surface area contributed by atoms with E-state index in [1.807, 2.05) is 6.07 Å². The Hall–Kier alpha value is -1.48. The largest absolute Gasteiger partial charge is 0.486 e. The summed E-state index contributed by atoms with van der Waals surface area (Å²) in [6, 6.07) is 3.62. The maximum Gasteiger partial charge on any atom is 0.253 e.